The topological polar surface area (TPSA) is 33.7 Å². The van der Waals surface area contributed by atoms with Gasteiger partial charge in [-0.2, -0.15) is 12.6 Å². The second kappa shape index (κ2) is 20.8. The van der Waals surface area contributed by atoms with E-state index < -0.39 is 0 Å². The Hall–Kier alpha value is -5.52. The van der Waals surface area contributed by atoms with Gasteiger partial charge in [0, 0.05) is 56.6 Å². The molecule has 0 radical (unpaired) electrons. The highest BCUT2D eigenvalue weighted by Crippen LogP contribution is 2.55. The van der Waals surface area contributed by atoms with Crippen LogP contribution in [0.4, 0.5) is 5.69 Å². The number of para-hydroxylation sites is 1. The van der Waals surface area contributed by atoms with Crippen molar-refractivity contribution in [1.29, 1.82) is 0 Å². The van der Waals surface area contributed by atoms with Gasteiger partial charge in [0.2, 0.25) is 0 Å². The minimum absolute atomic E-state index is 0.105. The standard InChI is InChI=1S/C53H53N3O.2C2H6.CH4S/c1-8-12-15-25-35(10-3)56-43-29-21-19-27-38(43)47-44(56)32-33-45-48(47)36(11-4)51(57-45)40(22-9-2)52-54-49(34-23-16-13-14-17-24-34)39-30-31-42-46(50(39)55(52)7)37-26-18-20-28-41(37)53(42,5)6;3*1-2/h8,10,12-13,15-16,18-23,25-33,52H,9,11,14,17,24H2,1-7H3;2*1-2H3;2H,1H3/b12-8-,25-15-,35-10+,40-22+;;;. The summed E-state index contributed by atoms with van der Waals surface area (Å²) in [6, 6.07) is 27.0. The quantitative estimate of drug-likeness (QED) is 0.122. The summed E-state index contributed by atoms with van der Waals surface area (Å²) in [6.07, 6.45) is 26.2. The molecule has 0 fully saturated rings. The van der Waals surface area contributed by atoms with Crippen LogP contribution in [0.2, 0.25) is 0 Å². The van der Waals surface area contributed by atoms with Crippen molar-refractivity contribution in [2.45, 2.75) is 113 Å². The highest BCUT2D eigenvalue weighted by molar-refractivity contribution is 7.79. The molecule has 2 aromatic heterocycles. The molecule has 1 unspecified atom stereocenters. The number of aryl methyl sites for hydroxylation is 1. The molecule has 1 atom stereocenters. The number of hydrogen-bond donors (Lipinski definition) is 1. The Morgan fingerprint density at radius 1 is 0.857 bits per heavy atom. The van der Waals surface area contributed by atoms with Crippen molar-refractivity contribution in [2.75, 3.05) is 18.2 Å². The summed E-state index contributed by atoms with van der Waals surface area (Å²) in [5.41, 5.74) is 17.0. The smallest absolute Gasteiger partial charge is 0.150 e. The van der Waals surface area contributed by atoms with Gasteiger partial charge in [-0.25, -0.2) is 0 Å². The number of nitrogens with zero attached hydrogens (tertiary/aromatic N) is 3. The van der Waals surface area contributed by atoms with E-state index in [0.29, 0.717) is 0 Å². The first kappa shape index (κ1) is 47.0. The maximum atomic E-state index is 7.17. The number of furan rings is 1. The number of thiol groups is 1. The zero-order valence-corrected chi connectivity index (χ0v) is 40.8. The summed E-state index contributed by atoms with van der Waals surface area (Å²) in [5, 5.41) is 3.67. The van der Waals surface area contributed by atoms with Crippen molar-refractivity contribution in [3.63, 3.8) is 0 Å². The van der Waals surface area contributed by atoms with Gasteiger partial charge < -0.3 is 13.9 Å². The summed E-state index contributed by atoms with van der Waals surface area (Å²) in [6.45, 7) is 21.4. The summed E-state index contributed by atoms with van der Waals surface area (Å²) in [7, 11) is 2.25. The zero-order chi connectivity index (χ0) is 45.4. The molecule has 4 nitrogen and oxygen atoms in total. The van der Waals surface area contributed by atoms with Gasteiger partial charge in [0.15, 0.2) is 6.17 Å². The Bertz CT molecular complexity index is 2810. The third-order valence-electron chi connectivity index (χ3n) is 12.5. The number of fused-ring (bicyclic) bond motifs is 10. The fourth-order valence-electron chi connectivity index (χ4n) is 9.90. The fourth-order valence-corrected chi connectivity index (χ4v) is 9.90. The van der Waals surface area contributed by atoms with Crippen LogP contribution in [-0.4, -0.2) is 29.7 Å². The van der Waals surface area contributed by atoms with Gasteiger partial charge in [-0.05, 0) is 98.7 Å². The van der Waals surface area contributed by atoms with Crippen molar-refractivity contribution < 1.29 is 4.42 Å². The lowest BCUT2D eigenvalue weighted by Gasteiger charge is -2.38. The lowest BCUT2D eigenvalue weighted by atomic mass is 9.81. The van der Waals surface area contributed by atoms with Crippen molar-refractivity contribution in [3.8, 4) is 11.1 Å². The monoisotopic (exact) mass is 856 g/mol. The van der Waals surface area contributed by atoms with Crippen molar-refractivity contribution in [3.05, 3.63) is 161 Å². The normalized spacial score (nSPS) is 16.7. The van der Waals surface area contributed by atoms with Crippen LogP contribution >= 0.6 is 12.6 Å². The molecular weight excluding hydrogens is 787 g/mol. The lowest BCUT2D eigenvalue weighted by molar-refractivity contribution is 0.584. The van der Waals surface area contributed by atoms with Crippen LogP contribution < -0.4 is 4.90 Å². The van der Waals surface area contributed by atoms with Crippen molar-refractivity contribution in [1.82, 2.24) is 4.57 Å². The predicted octanol–water partition coefficient (Wildman–Crippen LogP) is 16.7. The number of aromatic nitrogens is 1. The molecule has 0 bridgehead atoms. The first-order chi connectivity index (χ1) is 30.8. The molecule has 0 saturated heterocycles. The van der Waals surface area contributed by atoms with Crippen LogP contribution in [0.5, 0.6) is 0 Å². The maximum absolute atomic E-state index is 7.17. The molecule has 3 aliphatic rings. The van der Waals surface area contributed by atoms with Gasteiger partial charge in [-0.15, -0.1) is 0 Å². The number of aliphatic imine (C=N–C) groups is 1. The fraction of sp³-hybridized carbons (Fsp3) is 0.328. The summed E-state index contributed by atoms with van der Waals surface area (Å²) in [5.74, 6) is 0.948. The van der Waals surface area contributed by atoms with Gasteiger partial charge >= 0.3 is 0 Å². The third kappa shape index (κ3) is 8.14. The van der Waals surface area contributed by atoms with E-state index in [2.05, 4.69) is 198 Å². The van der Waals surface area contributed by atoms with Gasteiger partial charge in [0.25, 0.3) is 0 Å². The van der Waals surface area contributed by atoms with Gasteiger partial charge in [0.1, 0.15) is 11.3 Å². The first-order valence-corrected chi connectivity index (χ1v) is 24.3. The van der Waals surface area contributed by atoms with Crippen LogP contribution in [0.25, 0.3) is 55.2 Å². The number of rotatable bonds is 8. The molecule has 0 spiro atoms. The van der Waals surface area contributed by atoms with Gasteiger partial charge in [0.05, 0.1) is 22.4 Å². The summed E-state index contributed by atoms with van der Waals surface area (Å²) >= 11 is 3.53. The summed E-state index contributed by atoms with van der Waals surface area (Å²) < 4.78 is 9.57. The molecule has 0 N–H and O–H groups in total. The minimum Gasteiger partial charge on any atom is -0.456 e. The highest BCUT2D eigenvalue weighted by atomic mass is 32.1. The van der Waals surface area contributed by atoms with Gasteiger partial charge in [-0.1, -0.05) is 159 Å². The molecule has 5 heteroatoms. The first-order valence-electron chi connectivity index (χ1n) is 23.4. The van der Waals surface area contributed by atoms with E-state index in [1.165, 1.54) is 71.8 Å². The van der Waals surface area contributed by atoms with Gasteiger partial charge in [-0.3, -0.25) is 4.99 Å². The predicted molar refractivity (Wildman–Crippen MR) is 282 cm³/mol. The second-order valence-electron chi connectivity index (χ2n) is 16.1. The largest absolute Gasteiger partial charge is 0.456 e. The Labute approximate surface area is 383 Å². The Balaban J connectivity index is 0.00000106. The number of hydrogen-bond acceptors (Lipinski definition) is 4. The van der Waals surface area contributed by atoms with Crippen LogP contribution in [-0.2, 0) is 11.8 Å². The van der Waals surface area contributed by atoms with Crippen LogP contribution in [0.1, 0.15) is 123 Å². The van der Waals surface area contributed by atoms with E-state index in [1.54, 1.807) is 6.26 Å². The van der Waals surface area contributed by atoms with E-state index in [-0.39, 0.29) is 11.6 Å². The molecule has 1 aliphatic heterocycles. The highest BCUT2D eigenvalue weighted by Gasteiger charge is 2.42. The molecule has 0 amide bonds. The third-order valence-corrected chi connectivity index (χ3v) is 12.5. The number of allylic oxidation sites excluding steroid dienone is 11. The Kier molecular flexibility index (Phi) is 15.5. The molecular formula is C58H69N3OS. The van der Waals surface area contributed by atoms with Crippen LogP contribution in [0.15, 0.2) is 142 Å². The average Bonchev–Trinajstić information content (AvgIpc) is 3.83. The van der Waals surface area contributed by atoms with E-state index in [1.807, 2.05) is 27.7 Å². The minimum atomic E-state index is -0.281. The molecule has 9 rings (SSSR count). The van der Waals surface area contributed by atoms with Crippen molar-refractivity contribution >= 4 is 68.1 Å². The zero-order valence-electron chi connectivity index (χ0n) is 39.9. The van der Waals surface area contributed by atoms with E-state index in [4.69, 9.17) is 9.41 Å². The lowest BCUT2D eigenvalue weighted by Crippen LogP contribution is -2.38. The SMILES string of the molecule is CC.CC.CS.C\C=C/C=C\C(=C/C)n1c2ccccc2c2c3c(CC)c(/C(=C\CC)C4N=C(C5=CC=CCCC5)c5ccc6c(c5N4C)-c4ccccc4C6(C)C)oc3ccc21. The molecule has 0 saturated carbocycles. The Morgan fingerprint density at radius 2 is 1.60 bits per heavy atom. The number of anilines is 1. The molecule has 63 heavy (non-hydrogen) atoms. The average molecular weight is 856 g/mol. The second-order valence-corrected chi connectivity index (χ2v) is 16.1. The van der Waals surface area contributed by atoms with Crippen LogP contribution in [0.3, 0.4) is 0 Å². The van der Waals surface area contributed by atoms with E-state index in [0.717, 1.165) is 60.4 Å². The summed E-state index contributed by atoms with van der Waals surface area (Å²) in [4.78, 5) is 8.25. The maximum Gasteiger partial charge on any atom is 0.150 e. The van der Waals surface area contributed by atoms with E-state index >= 15 is 0 Å². The number of likely N-dealkylation sites (N-methyl/N-ethyl adjacent to an activating group) is 1. The number of benzene rings is 4. The molecule has 6 aromatic rings. The van der Waals surface area contributed by atoms with Crippen LogP contribution in [0, 0.1) is 0 Å². The van der Waals surface area contributed by atoms with E-state index in [9.17, 15) is 0 Å². The molecule has 4 aromatic carbocycles. The molecule has 3 heterocycles. The molecule has 328 valence electrons. The van der Waals surface area contributed by atoms with Crippen molar-refractivity contribution in [2.24, 2.45) is 4.99 Å². The molecule has 2 aliphatic carbocycles. The Morgan fingerprint density at radius 3 is 2.33 bits per heavy atom.